The number of hydrogen-bond acceptors (Lipinski definition) is 4. The number of benzene rings is 1. The Labute approximate surface area is 199 Å². The van der Waals surface area contributed by atoms with Crippen LogP contribution < -0.4 is 15.5 Å². The molecule has 180 valence electrons. The van der Waals surface area contributed by atoms with Gasteiger partial charge in [-0.3, -0.25) is 14.4 Å². The van der Waals surface area contributed by atoms with Crippen molar-refractivity contribution in [2.24, 2.45) is 5.41 Å². The summed E-state index contributed by atoms with van der Waals surface area (Å²) in [7, 11) is 0. The van der Waals surface area contributed by atoms with Crippen molar-refractivity contribution in [3.05, 3.63) is 46.5 Å². The van der Waals surface area contributed by atoms with E-state index in [0.29, 0.717) is 38.6 Å². The summed E-state index contributed by atoms with van der Waals surface area (Å²) in [6.45, 7) is 0.369. The third-order valence-electron chi connectivity index (χ3n) is 7.07. The number of aromatic amines is 1. The van der Waals surface area contributed by atoms with Crippen LogP contribution in [0.4, 0.5) is 14.5 Å². The number of halogens is 3. The lowest BCUT2D eigenvalue weighted by atomic mass is 9.71. The van der Waals surface area contributed by atoms with Gasteiger partial charge in [0.15, 0.2) is 17.3 Å². The van der Waals surface area contributed by atoms with E-state index >= 15 is 0 Å². The predicted molar refractivity (Wildman–Crippen MR) is 120 cm³/mol. The second kappa shape index (κ2) is 8.65. The molecule has 2 heterocycles. The molecule has 3 amide bonds. The summed E-state index contributed by atoms with van der Waals surface area (Å²) in [6, 6.07) is 1.83. The minimum atomic E-state index is -1.06. The fourth-order valence-electron chi connectivity index (χ4n) is 4.93. The summed E-state index contributed by atoms with van der Waals surface area (Å²) in [5, 5.41) is 5.76. The fraction of sp³-hybridized carbons (Fsp3) is 0.478. The largest absolute Gasteiger partial charge is 0.348 e. The number of nitrogens with one attached hydrogen (secondary N) is 3. The Kier molecular flexibility index (Phi) is 5.79. The maximum Gasteiger partial charge on any atom is 0.272 e. The highest BCUT2D eigenvalue weighted by molar-refractivity contribution is 6.34. The molecule has 3 fully saturated rings. The van der Waals surface area contributed by atoms with Crippen LogP contribution in [-0.2, 0) is 4.79 Å². The molecule has 1 saturated heterocycles. The van der Waals surface area contributed by atoms with Gasteiger partial charge in [0.1, 0.15) is 5.69 Å². The molecule has 3 aliphatic rings. The van der Waals surface area contributed by atoms with Gasteiger partial charge in [0.25, 0.3) is 11.8 Å². The van der Waals surface area contributed by atoms with Crippen LogP contribution in [0.15, 0.2) is 18.5 Å². The van der Waals surface area contributed by atoms with Gasteiger partial charge < -0.3 is 20.5 Å². The topological polar surface area (TPSA) is 107 Å². The predicted octanol–water partition coefficient (Wildman–Crippen LogP) is 3.33. The second-order valence-corrected chi connectivity index (χ2v) is 9.73. The van der Waals surface area contributed by atoms with E-state index in [2.05, 4.69) is 20.6 Å². The monoisotopic (exact) mass is 491 g/mol. The van der Waals surface area contributed by atoms with Gasteiger partial charge in [-0.2, -0.15) is 0 Å². The van der Waals surface area contributed by atoms with E-state index in [0.717, 1.165) is 25.0 Å². The summed E-state index contributed by atoms with van der Waals surface area (Å²) < 4.78 is 27.2. The minimum Gasteiger partial charge on any atom is -0.348 e. The number of rotatable bonds is 5. The quantitative estimate of drug-likeness (QED) is 0.558. The Balaban J connectivity index is 1.21. The van der Waals surface area contributed by atoms with Gasteiger partial charge in [0.05, 0.1) is 22.5 Å². The van der Waals surface area contributed by atoms with Crippen LogP contribution in [0.25, 0.3) is 0 Å². The van der Waals surface area contributed by atoms with E-state index < -0.39 is 23.0 Å². The Morgan fingerprint density at radius 3 is 2.38 bits per heavy atom. The highest BCUT2D eigenvalue weighted by atomic mass is 35.5. The highest BCUT2D eigenvalue weighted by Crippen LogP contribution is 2.47. The molecule has 0 atom stereocenters. The second-order valence-electron chi connectivity index (χ2n) is 9.33. The van der Waals surface area contributed by atoms with Crippen LogP contribution in [0.5, 0.6) is 0 Å². The Bertz CT molecular complexity index is 1160. The summed E-state index contributed by atoms with van der Waals surface area (Å²) in [6.07, 6.45) is 6.01. The van der Waals surface area contributed by atoms with Gasteiger partial charge in [0.2, 0.25) is 5.91 Å². The number of aromatic nitrogens is 2. The number of carbonyl (C=O) groups is 3. The van der Waals surface area contributed by atoms with Crippen molar-refractivity contribution in [1.82, 2.24) is 20.6 Å². The SMILES string of the molecule is O=C(NC1CC1)c1nc[nH]c1C(=O)N[C@H]1CC[C@@]2(CCN(c3cc(F)c(F)cc3Cl)C2=O)CC1. The molecule has 2 aliphatic carbocycles. The normalized spacial score (nSPS) is 24.5. The van der Waals surface area contributed by atoms with Gasteiger partial charge in [0, 0.05) is 24.7 Å². The zero-order valence-electron chi connectivity index (χ0n) is 18.3. The van der Waals surface area contributed by atoms with Gasteiger partial charge in [-0.05, 0) is 51.0 Å². The molecule has 34 heavy (non-hydrogen) atoms. The molecule has 2 aromatic rings. The first-order valence-corrected chi connectivity index (χ1v) is 11.8. The zero-order valence-corrected chi connectivity index (χ0v) is 19.1. The molecular weight excluding hydrogens is 468 g/mol. The van der Waals surface area contributed by atoms with Crippen molar-refractivity contribution in [3.63, 3.8) is 0 Å². The van der Waals surface area contributed by atoms with Gasteiger partial charge in [-0.1, -0.05) is 11.6 Å². The van der Waals surface area contributed by atoms with E-state index in [-0.39, 0.29) is 46.0 Å². The maximum atomic E-state index is 13.8. The molecule has 0 bridgehead atoms. The zero-order chi connectivity index (χ0) is 24.0. The van der Waals surface area contributed by atoms with Crippen molar-refractivity contribution < 1.29 is 23.2 Å². The van der Waals surface area contributed by atoms with Crippen molar-refractivity contribution in [3.8, 4) is 0 Å². The third-order valence-corrected chi connectivity index (χ3v) is 7.37. The third kappa shape index (κ3) is 4.15. The van der Waals surface area contributed by atoms with Gasteiger partial charge >= 0.3 is 0 Å². The smallest absolute Gasteiger partial charge is 0.272 e. The number of nitrogens with zero attached hydrogens (tertiary/aromatic N) is 2. The minimum absolute atomic E-state index is 0.00802. The van der Waals surface area contributed by atoms with E-state index in [1.54, 1.807) is 0 Å². The summed E-state index contributed by atoms with van der Waals surface area (Å²) in [5.41, 5.74) is -0.246. The lowest BCUT2D eigenvalue weighted by Gasteiger charge is -2.36. The average Bonchev–Trinajstić information content (AvgIpc) is 3.38. The lowest BCUT2D eigenvalue weighted by molar-refractivity contribution is -0.127. The van der Waals surface area contributed by atoms with E-state index in [1.807, 2.05) is 0 Å². The molecule has 1 aliphatic heterocycles. The molecule has 0 radical (unpaired) electrons. The van der Waals surface area contributed by atoms with Crippen LogP contribution in [-0.4, -0.2) is 46.3 Å². The van der Waals surface area contributed by atoms with Crippen molar-refractivity contribution in [2.45, 2.75) is 57.0 Å². The standard InChI is InChI=1S/C23H24ClF2N5O3/c24-14-9-15(25)16(26)10-17(14)31-8-7-23(22(31)34)5-3-13(4-6-23)30-21(33)19-18(27-11-28-19)20(32)29-12-1-2-12/h9-13H,1-8H2,(H,27,28)(H,29,32)(H,30,33)/t13-,23-. The molecule has 11 heteroatoms. The van der Waals surface area contributed by atoms with Gasteiger partial charge in [-0.15, -0.1) is 0 Å². The molecule has 3 N–H and O–H groups in total. The van der Waals surface area contributed by atoms with E-state index in [1.165, 1.54) is 11.2 Å². The number of hydrogen-bond donors (Lipinski definition) is 3. The van der Waals surface area contributed by atoms with E-state index in [9.17, 15) is 23.2 Å². The first-order chi connectivity index (χ1) is 16.3. The molecule has 1 aromatic heterocycles. The number of H-pyrrole nitrogens is 1. The molecule has 0 unspecified atom stereocenters. The summed E-state index contributed by atoms with van der Waals surface area (Å²) in [4.78, 5) is 46.6. The highest BCUT2D eigenvalue weighted by Gasteiger charge is 2.49. The number of imidazole rings is 1. The number of carbonyl (C=O) groups excluding carboxylic acids is 3. The molecule has 1 aromatic carbocycles. The van der Waals surface area contributed by atoms with Crippen LogP contribution in [0.3, 0.4) is 0 Å². The van der Waals surface area contributed by atoms with Crippen molar-refractivity contribution in [1.29, 1.82) is 0 Å². The molecule has 8 nitrogen and oxygen atoms in total. The maximum absolute atomic E-state index is 13.8. The van der Waals surface area contributed by atoms with Crippen LogP contribution in [0, 0.1) is 17.0 Å². The first kappa shape index (κ1) is 22.8. The lowest BCUT2D eigenvalue weighted by Crippen LogP contribution is -2.44. The van der Waals surface area contributed by atoms with Crippen LogP contribution >= 0.6 is 11.6 Å². The molecule has 5 rings (SSSR count). The Morgan fingerprint density at radius 2 is 1.68 bits per heavy atom. The van der Waals surface area contributed by atoms with Crippen molar-refractivity contribution in [2.75, 3.05) is 11.4 Å². The van der Waals surface area contributed by atoms with E-state index in [4.69, 9.17) is 11.6 Å². The summed E-state index contributed by atoms with van der Waals surface area (Å²) in [5.74, 6) is -3.05. The number of anilines is 1. The molecular formula is C23H24ClF2N5O3. The molecule has 2 saturated carbocycles. The fourth-order valence-corrected chi connectivity index (χ4v) is 5.18. The summed E-state index contributed by atoms with van der Waals surface area (Å²) >= 11 is 6.09. The molecule has 1 spiro atoms. The van der Waals surface area contributed by atoms with Crippen LogP contribution in [0.1, 0.15) is 65.9 Å². The van der Waals surface area contributed by atoms with Crippen LogP contribution in [0.2, 0.25) is 5.02 Å². The first-order valence-electron chi connectivity index (χ1n) is 11.4. The van der Waals surface area contributed by atoms with Crippen molar-refractivity contribution >= 4 is 35.0 Å². The van der Waals surface area contributed by atoms with Gasteiger partial charge in [-0.25, -0.2) is 13.8 Å². The average molecular weight is 492 g/mol. The Hall–Kier alpha value is -3.01. The Morgan fingerprint density at radius 1 is 1.03 bits per heavy atom. The number of amides is 3.